The maximum Gasteiger partial charge on any atom is 0.310 e. The van der Waals surface area contributed by atoms with Gasteiger partial charge in [-0.05, 0) is 51.3 Å². The van der Waals surface area contributed by atoms with E-state index in [1.165, 1.54) is 0 Å². The van der Waals surface area contributed by atoms with Crippen LogP contribution in [0.5, 0.6) is 0 Å². The third kappa shape index (κ3) is 4.14. The van der Waals surface area contributed by atoms with E-state index in [0.717, 1.165) is 12.6 Å². The zero-order chi connectivity index (χ0) is 17.2. The first-order chi connectivity index (χ1) is 10.8. The Labute approximate surface area is 138 Å². The van der Waals surface area contributed by atoms with E-state index in [2.05, 4.69) is 15.3 Å². The Hall–Kier alpha value is -1.80. The smallest absolute Gasteiger partial charge is 0.310 e. The summed E-state index contributed by atoms with van der Waals surface area (Å²) in [6, 6.07) is 0. The van der Waals surface area contributed by atoms with E-state index in [-0.39, 0.29) is 34.5 Å². The highest BCUT2D eigenvalue weighted by Crippen LogP contribution is 2.40. The van der Waals surface area contributed by atoms with Crippen LogP contribution in [0.15, 0.2) is 6.20 Å². The standard InChI is InChI=1S/C14H19ClN4O4/c1-4-23-12(20)9-5-8(9)6-17-14(2,3)11-10(19(21)22)7-16-13(15)18-11/h7-9,17H,4-6H2,1-3H3. The minimum absolute atomic E-state index is 0.0451. The highest BCUT2D eigenvalue weighted by molar-refractivity contribution is 6.28. The van der Waals surface area contributed by atoms with E-state index >= 15 is 0 Å². The molecular formula is C14H19ClN4O4. The van der Waals surface area contributed by atoms with Crippen LogP contribution in [0.4, 0.5) is 5.69 Å². The maximum absolute atomic E-state index is 11.6. The Morgan fingerprint density at radius 1 is 1.61 bits per heavy atom. The van der Waals surface area contributed by atoms with E-state index < -0.39 is 10.5 Å². The highest BCUT2D eigenvalue weighted by atomic mass is 35.5. The van der Waals surface area contributed by atoms with Crippen LogP contribution in [-0.2, 0) is 15.1 Å². The predicted octanol–water partition coefficient (Wildman–Crippen LogP) is 2.06. The first-order valence-electron chi connectivity index (χ1n) is 7.35. The summed E-state index contributed by atoms with van der Waals surface area (Å²) in [6.07, 6.45) is 1.86. The number of esters is 1. The lowest BCUT2D eigenvalue weighted by atomic mass is 9.98. The Balaban J connectivity index is 2.04. The van der Waals surface area contributed by atoms with Gasteiger partial charge in [0, 0.05) is 0 Å². The molecule has 1 N–H and O–H groups in total. The molecule has 0 radical (unpaired) electrons. The van der Waals surface area contributed by atoms with Gasteiger partial charge in [0.25, 0.3) is 0 Å². The Morgan fingerprint density at radius 3 is 2.91 bits per heavy atom. The zero-order valence-electron chi connectivity index (χ0n) is 13.2. The molecule has 1 heterocycles. The van der Waals surface area contributed by atoms with Crippen molar-refractivity contribution in [2.24, 2.45) is 11.8 Å². The summed E-state index contributed by atoms with van der Waals surface area (Å²) >= 11 is 5.77. The molecular weight excluding hydrogens is 324 g/mol. The lowest BCUT2D eigenvalue weighted by Gasteiger charge is -2.25. The largest absolute Gasteiger partial charge is 0.466 e. The van der Waals surface area contributed by atoms with Crippen molar-refractivity contribution in [3.63, 3.8) is 0 Å². The van der Waals surface area contributed by atoms with E-state index in [4.69, 9.17) is 16.3 Å². The summed E-state index contributed by atoms with van der Waals surface area (Å²) in [6.45, 7) is 6.23. The molecule has 0 saturated heterocycles. The molecule has 1 aromatic rings. The van der Waals surface area contributed by atoms with E-state index in [1.807, 2.05) is 0 Å². The van der Waals surface area contributed by atoms with E-state index in [1.54, 1.807) is 20.8 Å². The molecule has 9 heteroatoms. The van der Waals surface area contributed by atoms with E-state index in [9.17, 15) is 14.9 Å². The molecule has 2 atom stereocenters. The number of hydrogen-bond acceptors (Lipinski definition) is 7. The van der Waals surface area contributed by atoms with Crippen molar-refractivity contribution in [3.8, 4) is 0 Å². The number of hydrogen-bond donors (Lipinski definition) is 1. The first kappa shape index (κ1) is 17.6. The number of carbonyl (C=O) groups is 1. The number of nitrogens with one attached hydrogen (secondary N) is 1. The van der Waals surface area contributed by atoms with Crippen molar-refractivity contribution in [1.82, 2.24) is 15.3 Å². The van der Waals surface area contributed by atoms with E-state index in [0.29, 0.717) is 13.2 Å². The number of halogens is 1. The molecule has 23 heavy (non-hydrogen) atoms. The fourth-order valence-corrected chi connectivity index (χ4v) is 2.56. The normalized spacial score (nSPS) is 20.2. The predicted molar refractivity (Wildman–Crippen MR) is 83.0 cm³/mol. The molecule has 8 nitrogen and oxygen atoms in total. The third-order valence-electron chi connectivity index (χ3n) is 3.85. The minimum Gasteiger partial charge on any atom is -0.466 e. The van der Waals surface area contributed by atoms with Crippen LogP contribution < -0.4 is 5.32 Å². The van der Waals surface area contributed by atoms with Crippen molar-refractivity contribution >= 4 is 23.3 Å². The lowest BCUT2D eigenvalue weighted by Crippen LogP contribution is -2.39. The summed E-state index contributed by atoms with van der Waals surface area (Å²) in [5.74, 6) is -0.111. The number of ether oxygens (including phenoxy) is 1. The molecule has 1 aliphatic carbocycles. The second kappa shape index (κ2) is 6.76. The van der Waals surface area contributed by atoms with Crippen LogP contribution in [-0.4, -0.2) is 34.0 Å². The number of nitro groups is 1. The molecule has 126 valence electrons. The van der Waals surface area contributed by atoms with Crippen molar-refractivity contribution in [2.75, 3.05) is 13.2 Å². The average molecular weight is 343 g/mol. The van der Waals surface area contributed by atoms with Crippen LogP contribution >= 0.6 is 11.6 Å². The molecule has 1 saturated carbocycles. The third-order valence-corrected chi connectivity index (χ3v) is 4.03. The van der Waals surface area contributed by atoms with Crippen molar-refractivity contribution in [2.45, 2.75) is 32.7 Å². The van der Waals surface area contributed by atoms with Gasteiger partial charge in [0.2, 0.25) is 5.28 Å². The van der Waals surface area contributed by atoms with Gasteiger partial charge in [-0.2, -0.15) is 0 Å². The van der Waals surface area contributed by atoms with Crippen molar-refractivity contribution in [1.29, 1.82) is 0 Å². The second-order valence-electron chi connectivity index (χ2n) is 5.99. The molecule has 0 aromatic carbocycles. The van der Waals surface area contributed by atoms with Gasteiger partial charge in [-0.15, -0.1) is 0 Å². The fraction of sp³-hybridized carbons (Fsp3) is 0.643. The number of aromatic nitrogens is 2. The fourth-order valence-electron chi connectivity index (χ4n) is 2.43. The topological polar surface area (TPSA) is 107 Å². The van der Waals surface area contributed by atoms with Gasteiger partial charge < -0.3 is 10.1 Å². The van der Waals surface area contributed by atoms with Gasteiger partial charge in [0.05, 0.1) is 23.0 Å². The maximum atomic E-state index is 11.6. The highest BCUT2D eigenvalue weighted by Gasteiger charge is 2.45. The number of nitrogens with zero attached hydrogens (tertiary/aromatic N) is 3. The molecule has 0 amide bonds. The van der Waals surface area contributed by atoms with Crippen molar-refractivity contribution < 1.29 is 14.5 Å². The monoisotopic (exact) mass is 342 g/mol. The Kier molecular flexibility index (Phi) is 5.16. The summed E-state index contributed by atoms with van der Waals surface area (Å²) in [5.41, 5.74) is -0.753. The Bertz CT molecular complexity index is 623. The minimum atomic E-state index is -0.781. The van der Waals surface area contributed by atoms with Crippen LogP contribution in [0.25, 0.3) is 0 Å². The van der Waals surface area contributed by atoms with Crippen LogP contribution in [0.3, 0.4) is 0 Å². The van der Waals surface area contributed by atoms with Gasteiger partial charge in [-0.1, -0.05) is 0 Å². The van der Waals surface area contributed by atoms with Crippen LogP contribution in [0, 0.1) is 22.0 Å². The van der Waals surface area contributed by atoms with Gasteiger partial charge in [-0.3, -0.25) is 14.9 Å². The molecule has 0 spiro atoms. The first-order valence-corrected chi connectivity index (χ1v) is 7.73. The molecule has 1 aromatic heterocycles. The van der Waals surface area contributed by atoms with Crippen LogP contribution in [0.1, 0.15) is 32.9 Å². The SMILES string of the molecule is CCOC(=O)C1CC1CNC(C)(C)c1nc(Cl)ncc1[N+](=O)[O-]. The quantitative estimate of drug-likeness (QED) is 0.349. The number of rotatable bonds is 7. The average Bonchev–Trinajstić information content (AvgIpc) is 3.25. The molecule has 1 aliphatic rings. The van der Waals surface area contributed by atoms with Gasteiger partial charge in [0.15, 0.2) is 0 Å². The lowest BCUT2D eigenvalue weighted by molar-refractivity contribution is -0.386. The molecule has 2 unspecified atom stereocenters. The molecule has 2 rings (SSSR count). The summed E-state index contributed by atoms with van der Waals surface area (Å²) in [4.78, 5) is 29.9. The Morgan fingerprint density at radius 2 is 2.30 bits per heavy atom. The van der Waals surface area contributed by atoms with Gasteiger partial charge in [-0.25, -0.2) is 9.97 Å². The van der Waals surface area contributed by atoms with Crippen LogP contribution in [0.2, 0.25) is 5.28 Å². The molecule has 0 bridgehead atoms. The summed E-state index contributed by atoms with van der Waals surface area (Å²) < 4.78 is 4.98. The van der Waals surface area contributed by atoms with Gasteiger partial charge in [0.1, 0.15) is 11.9 Å². The van der Waals surface area contributed by atoms with Gasteiger partial charge >= 0.3 is 11.7 Å². The molecule has 1 fully saturated rings. The second-order valence-corrected chi connectivity index (χ2v) is 6.33. The number of carbonyl (C=O) groups excluding carboxylic acids is 1. The van der Waals surface area contributed by atoms with Crippen molar-refractivity contribution in [3.05, 3.63) is 27.3 Å². The molecule has 0 aliphatic heterocycles. The summed E-state index contributed by atoms with van der Waals surface area (Å²) in [5, 5.41) is 14.3. The summed E-state index contributed by atoms with van der Waals surface area (Å²) in [7, 11) is 0. The zero-order valence-corrected chi connectivity index (χ0v) is 14.0.